The summed E-state index contributed by atoms with van der Waals surface area (Å²) in [4.78, 5) is 36.7. The fourth-order valence-electron chi connectivity index (χ4n) is 2.47. The highest BCUT2D eigenvalue weighted by atomic mass is 32.2. The Morgan fingerprint density at radius 2 is 1.52 bits per heavy atom. The molecule has 2 aromatic carbocycles. The van der Waals surface area contributed by atoms with Crippen molar-refractivity contribution in [2.24, 2.45) is 0 Å². The van der Waals surface area contributed by atoms with Crippen LogP contribution in [0.1, 0.15) is 44.0 Å². The molecular formula is C22H26N2O4S. The molecule has 0 aliphatic rings. The van der Waals surface area contributed by atoms with Crippen molar-refractivity contribution in [2.75, 3.05) is 17.2 Å². The van der Waals surface area contributed by atoms with Crippen LogP contribution in [-0.2, 0) is 14.3 Å². The Morgan fingerprint density at radius 1 is 0.931 bits per heavy atom. The third kappa shape index (κ3) is 7.27. The molecule has 2 rings (SSSR count). The Hall–Kier alpha value is -2.80. The first kappa shape index (κ1) is 22.5. The number of benzene rings is 2. The summed E-state index contributed by atoms with van der Waals surface area (Å²) in [5.74, 6) is -0.530. The van der Waals surface area contributed by atoms with E-state index < -0.39 is 0 Å². The second kappa shape index (κ2) is 11.3. The van der Waals surface area contributed by atoms with Crippen LogP contribution in [0, 0.1) is 0 Å². The van der Waals surface area contributed by atoms with E-state index in [-0.39, 0.29) is 23.0 Å². The normalized spacial score (nSPS) is 11.4. The number of carbonyl (C=O) groups excluding carboxylic acids is 3. The van der Waals surface area contributed by atoms with Gasteiger partial charge in [-0.15, -0.1) is 11.8 Å². The van der Waals surface area contributed by atoms with Gasteiger partial charge in [0.15, 0.2) is 0 Å². The van der Waals surface area contributed by atoms with E-state index in [4.69, 9.17) is 4.74 Å². The summed E-state index contributed by atoms with van der Waals surface area (Å²) in [5, 5.41) is 5.36. The fraction of sp³-hybridized carbons (Fsp3) is 0.318. The number of hydrogen-bond donors (Lipinski definition) is 2. The average Bonchev–Trinajstić information content (AvgIpc) is 2.70. The zero-order valence-corrected chi connectivity index (χ0v) is 17.7. The number of carbonyl (C=O) groups is 3. The molecule has 7 heteroatoms. The minimum Gasteiger partial charge on any atom is -0.462 e. The lowest BCUT2D eigenvalue weighted by Gasteiger charge is -2.13. The van der Waals surface area contributed by atoms with Crippen molar-refractivity contribution in [3.8, 4) is 0 Å². The molecular weight excluding hydrogens is 388 g/mol. The van der Waals surface area contributed by atoms with Crippen LogP contribution in [-0.4, -0.2) is 29.6 Å². The molecule has 29 heavy (non-hydrogen) atoms. The monoisotopic (exact) mass is 414 g/mol. The molecule has 0 aromatic heterocycles. The van der Waals surface area contributed by atoms with Crippen LogP contribution in [0.5, 0.6) is 0 Å². The molecule has 0 radical (unpaired) electrons. The predicted molar refractivity (Wildman–Crippen MR) is 116 cm³/mol. The first-order valence-corrected chi connectivity index (χ1v) is 10.5. The summed E-state index contributed by atoms with van der Waals surface area (Å²) in [6, 6.07) is 14.0. The van der Waals surface area contributed by atoms with Gasteiger partial charge in [-0.05, 0) is 68.8 Å². The van der Waals surface area contributed by atoms with E-state index in [2.05, 4.69) is 10.6 Å². The Morgan fingerprint density at radius 3 is 2.10 bits per heavy atom. The third-order valence-electron chi connectivity index (χ3n) is 3.96. The van der Waals surface area contributed by atoms with Gasteiger partial charge in [0.25, 0.3) is 0 Å². The smallest absolute Gasteiger partial charge is 0.338 e. The highest BCUT2D eigenvalue weighted by Gasteiger charge is 2.15. The lowest BCUT2D eigenvalue weighted by atomic mass is 10.2. The second-order valence-electron chi connectivity index (χ2n) is 6.37. The standard InChI is InChI=1S/C22H26N2O4S/c1-4-6-20(25)23-17-11-13-19(14-12-17)29-15(3)21(26)24-18-9-7-16(8-10-18)22(27)28-5-2/h7-15H,4-6H2,1-3H3,(H,23,25)(H,24,26). The van der Waals surface area contributed by atoms with Crippen molar-refractivity contribution in [1.82, 2.24) is 0 Å². The maximum Gasteiger partial charge on any atom is 0.338 e. The minimum atomic E-state index is -0.386. The van der Waals surface area contributed by atoms with E-state index in [1.54, 1.807) is 31.2 Å². The summed E-state index contributed by atoms with van der Waals surface area (Å²) >= 11 is 1.42. The Bertz CT molecular complexity index is 835. The van der Waals surface area contributed by atoms with Gasteiger partial charge in [-0.2, -0.15) is 0 Å². The first-order valence-electron chi connectivity index (χ1n) is 9.57. The van der Waals surface area contributed by atoms with Crippen molar-refractivity contribution >= 4 is 40.9 Å². The highest BCUT2D eigenvalue weighted by molar-refractivity contribution is 8.00. The molecule has 0 heterocycles. The zero-order valence-electron chi connectivity index (χ0n) is 16.9. The van der Waals surface area contributed by atoms with Crippen LogP contribution in [0.4, 0.5) is 11.4 Å². The molecule has 2 aromatic rings. The summed E-state index contributed by atoms with van der Waals surface area (Å²) in [6.07, 6.45) is 1.30. The van der Waals surface area contributed by atoms with E-state index in [9.17, 15) is 14.4 Å². The summed E-state index contributed by atoms with van der Waals surface area (Å²) in [5.41, 5.74) is 1.80. The highest BCUT2D eigenvalue weighted by Crippen LogP contribution is 2.26. The second-order valence-corrected chi connectivity index (χ2v) is 7.78. The molecule has 0 saturated heterocycles. The van der Waals surface area contributed by atoms with Gasteiger partial charge < -0.3 is 15.4 Å². The van der Waals surface area contributed by atoms with E-state index >= 15 is 0 Å². The molecule has 1 atom stereocenters. The van der Waals surface area contributed by atoms with Crippen LogP contribution < -0.4 is 10.6 Å². The van der Waals surface area contributed by atoms with Crippen LogP contribution in [0.15, 0.2) is 53.4 Å². The van der Waals surface area contributed by atoms with Crippen LogP contribution in [0.2, 0.25) is 0 Å². The number of esters is 1. The van der Waals surface area contributed by atoms with Gasteiger partial charge in [-0.25, -0.2) is 4.79 Å². The Kier molecular flexibility index (Phi) is 8.73. The van der Waals surface area contributed by atoms with Crippen LogP contribution >= 0.6 is 11.8 Å². The van der Waals surface area contributed by atoms with E-state index in [1.165, 1.54) is 11.8 Å². The number of thioether (sulfide) groups is 1. The lowest BCUT2D eigenvalue weighted by molar-refractivity contribution is -0.116. The number of hydrogen-bond acceptors (Lipinski definition) is 5. The first-order chi connectivity index (χ1) is 13.9. The van der Waals surface area contributed by atoms with Gasteiger partial charge in [0.2, 0.25) is 11.8 Å². The maximum absolute atomic E-state index is 12.4. The van der Waals surface area contributed by atoms with Gasteiger partial charge in [-0.1, -0.05) is 6.92 Å². The van der Waals surface area contributed by atoms with Crippen molar-refractivity contribution in [1.29, 1.82) is 0 Å². The lowest BCUT2D eigenvalue weighted by Crippen LogP contribution is -2.22. The molecule has 0 fully saturated rings. The molecule has 2 amide bonds. The molecule has 2 N–H and O–H groups in total. The van der Waals surface area contributed by atoms with Gasteiger partial charge in [-0.3, -0.25) is 9.59 Å². The Labute approximate surface area is 175 Å². The van der Waals surface area contributed by atoms with Gasteiger partial charge in [0.1, 0.15) is 0 Å². The van der Waals surface area contributed by atoms with E-state index in [0.29, 0.717) is 24.3 Å². The number of amides is 2. The Balaban J connectivity index is 1.88. The third-order valence-corrected chi connectivity index (χ3v) is 5.07. The molecule has 6 nitrogen and oxygen atoms in total. The number of ether oxygens (including phenoxy) is 1. The summed E-state index contributed by atoms with van der Waals surface area (Å²) < 4.78 is 4.94. The molecule has 0 aliphatic heterocycles. The summed E-state index contributed by atoms with van der Waals surface area (Å²) in [7, 11) is 0. The van der Waals surface area contributed by atoms with Crippen molar-refractivity contribution in [2.45, 2.75) is 43.8 Å². The molecule has 0 bridgehead atoms. The average molecular weight is 415 g/mol. The van der Waals surface area contributed by atoms with Crippen molar-refractivity contribution in [3.05, 3.63) is 54.1 Å². The molecule has 154 valence electrons. The fourth-order valence-corrected chi connectivity index (χ4v) is 3.34. The molecule has 1 unspecified atom stereocenters. The van der Waals surface area contributed by atoms with Crippen molar-refractivity contribution < 1.29 is 19.1 Å². The zero-order chi connectivity index (χ0) is 21.2. The predicted octanol–water partition coefficient (Wildman–Crippen LogP) is 4.72. The SMILES string of the molecule is CCCC(=O)Nc1ccc(SC(C)C(=O)Nc2ccc(C(=O)OCC)cc2)cc1. The molecule has 0 spiro atoms. The molecule has 0 aliphatic carbocycles. The minimum absolute atomic E-state index is 0.00498. The molecule has 0 saturated carbocycles. The van der Waals surface area contributed by atoms with E-state index in [1.807, 2.05) is 38.1 Å². The topological polar surface area (TPSA) is 84.5 Å². The van der Waals surface area contributed by atoms with Gasteiger partial charge in [0.05, 0.1) is 17.4 Å². The van der Waals surface area contributed by atoms with Gasteiger partial charge in [0, 0.05) is 22.7 Å². The largest absolute Gasteiger partial charge is 0.462 e. The van der Waals surface area contributed by atoms with Crippen molar-refractivity contribution in [3.63, 3.8) is 0 Å². The summed E-state index contributed by atoms with van der Waals surface area (Å²) in [6.45, 7) is 5.85. The number of anilines is 2. The van der Waals surface area contributed by atoms with E-state index in [0.717, 1.165) is 17.0 Å². The quantitative estimate of drug-likeness (QED) is 0.458. The number of rotatable bonds is 9. The maximum atomic E-state index is 12.4. The van der Waals surface area contributed by atoms with Gasteiger partial charge >= 0.3 is 5.97 Å². The van der Waals surface area contributed by atoms with Crippen LogP contribution in [0.25, 0.3) is 0 Å². The number of nitrogens with one attached hydrogen (secondary N) is 2. The van der Waals surface area contributed by atoms with Crippen LogP contribution in [0.3, 0.4) is 0 Å².